The van der Waals surface area contributed by atoms with E-state index < -0.39 is 0 Å². The van der Waals surface area contributed by atoms with Gasteiger partial charge >= 0.3 is 0 Å². The number of fused-ring (bicyclic) bond motifs is 1. The van der Waals surface area contributed by atoms with Crippen molar-refractivity contribution in [3.63, 3.8) is 0 Å². The van der Waals surface area contributed by atoms with Gasteiger partial charge in [-0.3, -0.25) is 9.69 Å². The summed E-state index contributed by atoms with van der Waals surface area (Å²) in [4.78, 5) is 16.4. The van der Waals surface area contributed by atoms with Gasteiger partial charge in [0.15, 0.2) is 0 Å². The second-order valence-corrected chi connectivity index (χ2v) is 8.63. The summed E-state index contributed by atoms with van der Waals surface area (Å²) >= 11 is 1.75. The van der Waals surface area contributed by atoms with Crippen LogP contribution in [0.25, 0.3) is 0 Å². The molecule has 0 spiro atoms. The fourth-order valence-electron chi connectivity index (χ4n) is 4.23. The van der Waals surface area contributed by atoms with Gasteiger partial charge in [0.05, 0.1) is 18.7 Å². The van der Waals surface area contributed by atoms with Crippen molar-refractivity contribution in [3.8, 4) is 0 Å². The first-order valence-corrected chi connectivity index (χ1v) is 10.9. The van der Waals surface area contributed by atoms with Crippen LogP contribution >= 0.6 is 11.3 Å². The Hall–Kier alpha value is -1.69. The molecule has 0 radical (unpaired) electrons. The fourth-order valence-corrected chi connectivity index (χ4v) is 4.98. The van der Waals surface area contributed by atoms with Gasteiger partial charge in [-0.25, -0.2) is 0 Å². The lowest BCUT2D eigenvalue weighted by atomic mass is 9.88. The molecule has 2 aromatic rings. The van der Waals surface area contributed by atoms with Crippen LogP contribution in [0.1, 0.15) is 47.7 Å². The third kappa shape index (κ3) is 4.98. The Labute approximate surface area is 165 Å². The number of benzene rings is 1. The molecule has 144 valence electrons. The molecular weight excluding hydrogens is 356 g/mol. The van der Waals surface area contributed by atoms with E-state index in [1.165, 1.54) is 16.0 Å². The Kier molecular flexibility index (Phi) is 6.22. The standard InChI is InChI=1S/C22H28N2O2S/c25-22(23-21-11-3-7-17-6-1-2-10-20(17)21)16-24(14-18-8-4-12-26-18)15-19-9-5-13-27-19/h1-2,5-6,9-10,13,18,21H,3-4,7-8,11-12,14-16H2,(H,23,25)/t18-,21+/m0/s1. The van der Waals surface area contributed by atoms with E-state index in [-0.39, 0.29) is 18.1 Å². The Balaban J connectivity index is 1.39. The molecule has 1 fully saturated rings. The molecule has 1 saturated heterocycles. The average Bonchev–Trinajstić information content (AvgIpc) is 3.36. The first kappa shape index (κ1) is 18.7. The predicted octanol–water partition coefficient (Wildman–Crippen LogP) is 3.92. The van der Waals surface area contributed by atoms with Crippen molar-refractivity contribution in [1.82, 2.24) is 10.2 Å². The van der Waals surface area contributed by atoms with Crippen molar-refractivity contribution >= 4 is 17.2 Å². The zero-order chi connectivity index (χ0) is 18.5. The van der Waals surface area contributed by atoms with Crippen LogP contribution in [0.4, 0.5) is 0 Å². The normalized spacial score (nSPS) is 22.0. The molecule has 1 aromatic heterocycles. The van der Waals surface area contributed by atoms with Gasteiger partial charge in [-0.2, -0.15) is 0 Å². The molecule has 1 amide bonds. The first-order chi connectivity index (χ1) is 13.3. The van der Waals surface area contributed by atoms with E-state index in [4.69, 9.17) is 4.74 Å². The monoisotopic (exact) mass is 384 g/mol. The minimum absolute atomic E-state index is 0.117. The SMILES string of the molecule is O=C(CN(Cc1cccs1)C[C@@H]1CCCO1)N[C@@H]1CCCc2ccccc21. The summed E-state index contributed by atoms with van der Waals surface area (Å²) in [7, 11) is 0. The molecule has 4 rings (SSSR count). The summed E-state index contributed by atoms with van der Waals surface area (Å²) in [6.07, 6.45) is 5.76. The van der Waals surface area contributed by atoms with E-state index in [2.05, 4.69) is 52.0 Å². The molecule has 2 atom stereocenters. The number of amides is 1. The van der Waals surface area contributed by atoms with E-state index in [1.807, 2.05) is 0 Å². The molecule has 1 N–H and O–H groups in total. The van der Waals surface area contributed by atoms with Crippen LogP contribution in [0, 0.1) is 0 Å². The number of carbonyl (C=O) groups is 1. The Morgan fingerprint density at radius 2 is 2.11 bits per heavy atom. The lowest BCUT2D eigenvalue weighted by molar-refractivity contribution is -0.123. The third-order valence-electron chi connectivity index (χ3n) is 5.52. The summed E-state index contributed by atoms with van der Waals surface area (Å²) < 4.78 is 5.81. The Bertz CT molecular complexity index is 741. The summed E-state index contributed by atoms with van der Waals surface area (Å²) in [5.41, 5.74) is 2.67. The van der Waals surface area contributed by atoms with Crippen LogP contribution in [0.15, 0.2) is 41.8 Å². The highest BCUT2D eigenvalue weighted by molar-refractivity contribution is 7.09. The third-order valence-corrected chi connectivity index (χ3v) is 6.38. The van der Waals surface area contributed by atoms with Gasteiger partial charge in [0, 0.05) is 24.6 Å². The predicted molar refractivity (Wildman–Crippen MR) is 109 cm³/mol. The highest BCUT2D eigenvalue weighted by atomic mass is 32.1. The molecule has 5 heteroatoms. The van der Waals surface area contributed by atoms with Gasteiger partial charge in [0.25, 0.3) is 0 Å². The zero-order valence-electron chi connectivity index (χ0n) is 15.7. The fraction of sp³-hybridized carbons (Fsp3) is 0.500. The molecule has 27 heavy (non-hydrogen) atoms. The highest BCUT2D eigenvalue weighted by Gasteiger charge is 2.24. The van der Waals surface area contributed by atoms with Crippen LogP contribution in [0.3, 0.4) is 0 Å². The van der Waals surface area contributed by atoms with Crippen molar-refractivity contribution in [2.75, 3.05) is 19.7 Å². The second-order valence-electron chi connectivity index (χ2n) is 7.60. The van der Waals surface area contributed by atoms with Crippen molar-refractivity contribution in [1.29, 1.82) is 0 Å². The highest BCUT2D eigenvalue weighted by Crippen LogP contribution is 2.29. The Morgan fingerprint density at radius 1 is 1.19 bits per heavy atom. The second kappa shape index (κ2) is 9.00. The minimum atomic E-state index is 0.117. The van der Waals surface area contributed by atoms with Crippen molar-refractivity contribution < 1.29 is 9.53 Å². The average molecular weight is 385 g/mol. The summed E-state index contributed by atoms with van der Waals surface area (Å²) in [6, 6.07) is 12.9. The molecule has 1 aliphatic carbocycles. The number of rotatable bonds is 7. The maximum absolute atomic E-state index is 12.8. The smallest absolute Gasteiger partial charge is 0.234 e. The molecule has 0 unspecified atom stereocenters. The van der Waals surface area contributed by atoms with Crippen molar-refractivity contribution in [2.45, 2.75) is 50.8 Å². The number of nitrogens with one attached hydrogen (secondary N) is 1. The number of ether oxygens (including phenoxy) is 1. The van der Waals surface area contributed by atoms with Gasteiger partial charge < -0.3 is 10.1 Å². The van der Waals surface area contributed by atoms with Gasteiger partial charge in [0.2, 0.25) is 5.91 Å². The number of hydrogen-bond donors (Lipinski definition) is 1. The van der Waals surface area contributed by atoms with Gasteiger partial charge in [-0.15, -0.1) is 11.3 Å². The topological polar surface area (TPSA) is 41.6 Å². The minimum Gasteiger partial charge on any atom is -0.377 e. The maximum Gasteiger partial charge on any atom is 0.234 e. The molecule has 2 heterocycles. The molecule has 0 bridgehead atoms. The lowest BCUT2D eigenvalue weighted by Crippen LogP contribution is -2.42. The van der Waals surface area contributed by atoms with Crippen LogP contribution in [-0.4, -0.2) is 36.6 Å². The Morgan fingerprint density at radius 3 is 2.93 bits per heavy atom. The lowest BCUT2D eigenvalue weighted by Gasteiger charge is -2.28. The number of nitrogens with zero attached hydrogens (tertiary/aromatic N) is 1. The largest absolute Gasteiger partial charge is 0.377 e. The van der Waals surface area contributed by atoms with E-state index >= 15 is 0 Å². The number of thiophene rings is 1. The summed E-state index contributed by atoms with van der Waals surface area (Å²) in [5.74, 6) is 0.117. The van der Waals surface area contributed by atoms with E-state index in [1.54, 1.807) is 11.3 Å². The molecular formula is C22H28N2O2S. The number of carbonyl (C=O) groups excluding carboxylic acids is 1. The quantitative estimate of drug-likeness (QED) is 0.787. The first-order valence-electron chi connectivity index (χ1n) is 10.0. The van der Waals surface area contributed by atoms with Crippen molar-refractivity contribution in [2.24, 2.45) is 0 Å². The molecule has 1 aromatic carbocycles. The van der Waals surface area contributed by atoms with E-state index in [0.717, 1.165) is 51.8 Å². The van der Waals surface area contributed by atoms with Crippen LogP contribution in [0.2, 0.25) is 0 Å². The summed E-state index contributed by atoms with van der Waals surface area (Å²) in [5, 5.41) is 5.39. The summed E-state index contributed by atoms with van der Waals surface area (Å²) in [6.45, 7) is 2.91. The maximum atomic E-state index is 12.8. The van der Waals surface area contributed by atoms with Crippen LogP contribution in [-0.2, 0) is 22.5 Å². The molecule has 4 nitrogen and oxygen atoms in total. The molecule has 2 aliphatic rings. The van der Waals surface area contributed by atoms with E-state index in [0.29, 0.717) is 6.54 Å². The number of aryl methyl sites for hydroxylation is 1. The molecule has 1 aliphatic heterocycles. The van der Waals surface area contributed by atoms with Gasteiger partial charge in [-0.1, -0.05) is 30.3 Å². The van der Waals surface area contributed by atoms with E-state index in [9.17, 15) is 4.79 Å². The van der Waals surface area contributed by atoms with Crippen LogP contribution in [0.5, 0.6) is 0 Å². The van der Waals surface area contributed by atoms with Gasteiger partial charge in [0.1, 0.15) is 0 Å². The van der Waals surface area contributed by atoms with Crippen LogP contribution < -0.4 is 5.32 Å². The zero-order valence-corrected chi connectivity index (χ0v) is 16.5. The molecule has 0 saturated carbocycles. The van der Waals surface area contributed by atoms with Gasteiger partial charge in [-0.05, 0) is 54.7 Å². The van der Waals surface area contributed by atoms with Crippen molar-refractivity contribution in [3.05, 3.63) is 57.8 Å². The number of hydrogen-bond acceptors (Lipinski definition) is 4.